The minimum atomic E-state index is 0.739. The van der Waals surface area contributed by atoms with Gasteiger partial charge in [0.05, 0.1) is 0 Å². The van der Waals surface area contributed by atoms with E-state index >= 15 is 0 Å². The molecule has 5 nitrogen and oxygen atoms in total. The fourth-order valence-electron chi connectivity index (χ4n) is 3.04. The van der Waals surface area contributed by atoms with Gasteiger partial charge in [-0.1, -0.05) is 36.9 Å². The summed E-state index contributed by atoms with van der Waals surface area (Å²) in [6.45, 7) is 3.96. The van der Waals surface area contributed by atoms with E-state index in [2.05, 4.69) is 16.9 Å². The lowest BCUT2D eigenvalue weighted by Gasteiger charge is -2.23. The average molecular weight is 394 g/mol. The molecule has 148 valence electrons. The highest BCUT2D eigenvalue weighted by Gasteiger charge is 2.14. The number of nitrogens with zero attached hydrogens (tertiary/aromatic N) is 3. The van der Waals surface area contributed by atoms with Gasteiger partial charge < -0.3 is 15.0 Å². The van der Waals surface area contributed by atoms with E-state index < -0.39 is 0 Å². The van der Waals surface area contributed by atoms with Crippen LogP contribution in [-0.2, 0) is 0 Å². The summed E-state index contributed by atoms with van der Waals surface area (Å²) in [5.41, 5.74) is 2.81. The second-order valence-corrected chi connectivity index (χ2v) is 6.67. The molecule has 0 amide bonds. The molecule has 1 aliphatic rings. The summed E-state index contributed by atoms with van der Waals surface area (Å²) in [5, 5.41) is 3.35. The molecule has 3 aromatic rings. The number of hydrogen-bond acceptors (Lipinski definition) is 5. The summed E-state index contributed by atoms with van der Waals surface area (Å²) in [6, 6.07) is 21.4. The van der Waals surface area contributed by atoms with Crippen molar-refractivity contribution in [3.63, 3.8) is 0 Å². The Morgan fingerprint density at radius 3 is 2.47 bits per heavy atom. The van der Waals surface area contributed by atoms with Crippen LogP contribution in [-0.4, -0.2) is 22.8 Å². The van der Waals surface area contributed by atoms with Crippen molar-refractivity contribution >= 4 is 17.1 Å². The Morgan fingerprint density at radius 2 is 1.77 bits per heavy atom. The SMILES string of the molecule is C=C/C(=C1/N=C(Nc2ccc(Oc3ccccc3)cc2)C=CN1C)c1cccnc1. The molecular formula is C25H22N4O. The molecule has 0 fully saturated rings. The molecule has 30 heavy (non-hydrogen) atoms. The van der Waals surface area contributed by atoms with E-state index in [-0.39, 0.29) is 0 Å². The number of benzene rings is 2. The van der Waals surface area contributed by atoms with Gasteiger partial charge in [-0.15, -0.1) is 0 Å². The molecule has 0 spiro atoms. The normalized spacial score (nSPS) is 14.7. The van der Waals surface area contributed by atoms with Gasteiger partial charge in [0.2, 0.25) is 0 Å². The first-order chi connectivity index (χ1) is 14.7. The number of hydrogen-bond donors (Lipinski definition) is 1. The zero-order valence-electron chi connectivity index (χ0n) is 16.7. The highest BCUT2D eigenvalue weighted by molar-refractivity contribution is 6.05. The predicted molar refractivity (Wildman–Crippen MR) is 122 cm³/mol. The lowest BCUT2D eigenvalue weighted by Crippen LogP contribution is -2.21. The molecule has 2 aromatic carbocycles. The Labute approximate surface area is 176 Å². The number of ether oxygens (including phenoxy) is 1. The minimum absolute atomic E-state index is 0.739. The number of aliphatic imine (C=N–C) groups is 1. The van der Waals surface area contributed by atoms with Crippen LogP contribution >= 0.6 is 0 Å². The van der Waals surface area contributed by atoms with E-state index in [0.717, 1.165) is 40.0 Å². The summed E-state index contributed by atoms with van der Waals surface area (Å²) < 4.78 is 5.85. The van der Waals surface area contributed by atoms with Crippen molar-refractivity contribution in [3.05, 3.63) is 115 Å². The lowest BCUT2D eigenvalue weighted by atomic mass is 10.1. The Balaban J connectivity index is 1.54. The number of amidine groups is 1. The highest BCUT2D eigenvalue weighted by atomic mass is 16.5. The fraction of sp³-hybridized carbons (Fsp3) is 0.0400. The third kappa shape index (κ3) is 4.47. The Morgan fingerprint density at radius 1 is 1.00 bits per heavy atom. The van der Waals surface area contributed by atoms with Crippen LogP contribution in [0.1, 0.15) is 5.56 Å². The molecule has 1 aliphatic heterocycles. The monoisotopic (exact) mass is 394 g/mol. The molecule has 1 N–H and O–H groups in total. The smallest absolute Gasteiger partial charge is 0.142 e. The quantitative estimate of drug-likeness (QED) is 0.603. The maximum absolute atomic E-state index is 5.85. The number of allylic oxidation sites excluding steroid dienone is 2. The van der Waals surface area contributed by atoms with Crippen LogP contribution < -0.4 is 10.1 Å². The Kier molecular flexibility index (Phi) is 5.71. The Hall–Kier alpha value is -4.12. The molecule has 1 aromatic heterocycles. The molecular weight excluding hydrogens is 372 g/mol. The molecule has 5 heteroatoms. The van der Waals surface area contributed by atoms with Gasteiger partial charge in [-0.3, -0.25) is 4.98 Å². The standard InChI is InChI=1S/C25H22N4O/c1-3-23(19-8-7-16-26-18-19)25-28-24(15-17-29(25)2)27-20-11-13-22(14-12-20)30-21-9-5-4-6-10-21/h3-18H,1H2,2H3,(H,27,28)/b25-23+. The second-order valence-electron chi connectivity index (χ2n) is 6.67. The van der Waals surface area contributed by atoms with Crippen molar-refractivity contribution in [2.75, 3.05) is 12.4 Å². The first-order valence-electron chi connectivity index (χ1n) is 9.60. The van der Waals surface area contributed by atoms with Gasteiger partial charge in [-0.2, -0.15) is 0 Å². The third-order valence-electron chi connectivity index (χ3n) is 4.54. The van der Waals surface area contributed by atoms with Crippen LogP contribution in [0.3, 0.4) is 0 Å². The van der Waals surface area contributed by atoms with E-state index in [4.69, 9.17) is 9.73 Å². The van der Waals surface area contributed by atoms with Gasteiger partial charge >= 0.3 is 0 Å². The molecule has 0 unspecified atom stereocenters. The first-order valence-corrected chi connectivity index (χ1v) is 9.60. The van der Waals surface area contributed by atoms with E-state index in [1.54, 1.807) is 12.3 Å². The molecule has 2 heterocycles. The van der Waals surface area contributed by atoms with E-state index in [9.17, 15) is 0 Å². The number of anilines is 1. The van der Waals surface area contributed by atoms with Gasteiger partial charge in [0.1, 0.15) is 23.2 Å². The van der Waals surface area contributed by atoms with Gasteiger partial charge in [-0.05, 0) is 48.5 Å². The number of aromatic nitrogens is 1. The molecule has 0 saturated heterocycles. The third-order valence-corrected chi connectivity index (χ3v) is 4.54. The minimum Gasteiger partial charge on any atom is -0.457 e. The maximum Gasteiger partial charge on any atom is 0.142 e. The molecule has 0 atom stereocenters. The zero-order valence-corrected chi connectivity index (χ0v) is 16.7. The molecule has 0 radical (unpaired) electrons. The molecule has 0 bridgehead atoms. The number of rotatable bonds is 5. The summed E-state index contributed by atoms with van der Waals surface area (Å²) in [7, 11) is 1.96. The van der Waals surface area contributed by atoms with Gasteiger partial charge in [0.15, 0.2) is 0 Å². The summed E-state index contributed by atoms with van der Waals surface area (Å²) in [5.74, 6) is 3.12. The largest absolute Gasteiger partial charge is 0.457 e. The van der Waals surface area contributed by atoms with E-state index in [0.29, 0.717) is 0 Å². The number of para-hydroxylation sites is 1. The molecule has 4 rings (SSSR count). The van der Waals surface area contributed by atoms with E-state index in [1.807, 2.05) is 97.2 Å². The summed E-state index contributed by atoms with van der Waals surface area (Å²) in [6.07, 6.45) is 9.27. The van der Waals surface area contributed by atoms with Crippen LogP contribution in [0.2, 0.25) is 0 Å². The van der Waals surface area contributed by atoms with Crippen LogP contribution in [0.5, 0.6) is 11.5 Å². The fourth-order valence-corrected chi connectivity index (χ4v) is 3.04. The number of nitrogens with one attached hydrogen (secondary N) is 1. The van der Waals surface area contributed by atoms with Crippen LogP contribution in [0.25, 0.3) is 5.57 Å². The first kappa shape index (κ1) is 19.2. The maximum atomic E-state index is 5.85. The molecule has 0 saturated carbocycles. The van der Waals surface area contributed by atoms with E-state index in [1.165, 1.54) is 0 Å². The van der Waals surface area contributed by atoms with Crippen molar-refractivity contribution < 1.29 is 4.74 Å². The second kappa shape index (κ2) is 8.92. The number of pyridine rings is 1. The van der Waals surface area contributed by atoms with Crippen molar-refractivity contribution in [3.8, 4) is 11.5 Å². The van der Waals surface area contributed by atoms with Crippen molar-refractivity contribution in [2.45, 2.75) is 0 Å². The van der Waals surface area contributed by atoms with Crippen molar-refractivity contribution in [1.82, 2.24) is 9.88 Å². The average Bonchev–Trinajstić information content (AvgIpc) is 2.79. The van der Waals surface area contributed by atoms with Crippen molar-refractivity contribution in [2.24, 2.45) is 4.99 Å². The van der Waals surface area contributed by atoms with Crippen LogP contribution in [0.4, 0.5) is 5.69 Å². The van der Waals surface area contributed by atoms with Crippen molar-refractivity contribution in [1.29, 1.82) is 0 Å². The van der Waals surface area contributed by atoms with Gasteiger partial charge in [0, 0.05) is 42.5 Å². The van der Waals surface area contributed by atoms with Gasteiger partial charge in [-0.25, -0.2) is 4.99 Å². The predicted octanol–water partition coefficient (Wildman–Crippen LogP) is 5.70. The summed E-state index contributed by atoms with van der Waals surface area (Å²) in [4.78, 5) is 11.0. The Bertz CT molecular complexity index is 1100. The highest BCUT2D eigenvalue weighted by Crippen LogP contribution is 2.26. The van der Waals surface area contributed by atoms with Crippen LogP contribution in [0, 0.1) is 0 Å². The van der Waals surface area contributed by atoms with Crippen LogP contribution in [0.15, 0.2) is 115 Å². The topological polar surface area (TPSA) is 49.8 Å². The zero-order chi connectivity index (χ0) is 20.8. The lowest BCUT2D eigenvalue weighted by molar-refractivity contribution is 0.483. The molecule has 0 aliphatic carbocycles. The summed E-state index contributed by atoms with van der Waals surface area (Å²) >= 11 is 0. The van der Waals surface area contributed by atoms with Gasteiger partial charge in [0.25, 0.3) is 0 Å².